The van der Waals surface area contributed by atoms with Gasteiger partial charge < -0.3 is 10.1 Å². The molecule has 0 spiro atoms. The fourth-order valence-electron chi connectivity index (χ4n) is 2.45. The summed E-state index contributed by atoms with van der Waals surface area (Å²) in [4.78, 5) is 0. The van der Waals surface area contributed by atoms with Crippen molar-refractivity contribution in [2.24, 2.45) is 11.8 Å². The molecule has 96 valence electrons. The number of nitrogens with one attached hydrogen (secondary N) is 1. The minimum Gasteiger partial charge on any atom is -0.375 e. The molecule has 3 atom stereocenters. The van der Waals surface area contributed by atoms with E-state index in [-0.39, 0.29) is 0 Å². The largest absolute Gasteiger partial charge is 0.375 e. The average molecular weight is 227 g/mol. The molecule has 0 saturated carbocycles. The van der Waals surface area contributed by atoms with Gasteiger partial charge in [-0.2, -0.15) is 0 Å². The normalized spacial score (nSPS) is 27.6. The van der Waals surface area contributed by atoms with E-state index >= 15 is 0 Å². The zero-order valence-electron chi connectivity index (χ0n) is 11.5. The molecular weight excluding hydrogens is 198 g/mol. The van der Waals surface area contributed by atoms with Crippen LogP contribution in [0.25, 0.3) is 0 Å². The Balaban J connectivity index is 2.27. The van der Waals surface area contributed by atoms with Gasteiger partial charge in [-0.1, -0.05) is 20.8 Å². The third-order valence-electron chi connectivity index (χ3n) is 3.66. The molecule has 3 unspecified atom stereocenters. The van der Waals surface area contributed by atoms with Gasteiger partial charge in [0.15, 0.2) is 0 Å². The van der Waals surface area contributed by atoms with Crippen LogP contribution >= 0.6 is 0 Å². The number of ether oxygens (including phenoxy) is 1. The second-order valence-electron chi connectivity index (χ2n) is 5.59. The lowest BCUT2D eigenvalue weighted by atomic mass is 9.89. The number of hydrogen-bond donors (Lipinski definition) is 1. The maximum atomic E-state index is 5.92. The Labute approximate surface area is 101 Å². The molecule has 0 aromatic rings. The van der Waals surface area contributed by atoms with Crippen LogP contribution in [0.2, 0.25) is 0 Å². The molecule has 1 rings (SSSR count). The van der Waals surface area contributed by atoms with E-state index in [2.05, 4.69) is 33.0 Å². The third-order valence-corrected chi connectivity index (χ3v) is 3.66. The highest BCUT2D eigenvalue weighted by Crippen LogP contribution is 2.27. The summed E-state index contributed by atoms with van der Waals surface area (Å²) in [5, 5.41) is 3.55. The smallest absolute Gasteiger partial charge is 0.0583 e. The van der Waals surface area contributed by atoms with Crippen molar-refractivity contribution in [3.8, 4) is 0 Å². The van der Waals surface area contributed by atoms with E-state index in [4.69, 9.17) is 4.74 Å². The molecule has 0 bridgehead atoms. The van der Waals surface area contributed by atoms with Crippen LogP contribution in [0.15, 0.2) is 0 Å². The van der Waals surface area contributed by atoms with E-state index in [0.29, 0.717) is 12.2 Å². The van der Waals surface area contributed by atoms with Crippen molar-refractivity contribution >= 4 is 0 Å². The summed E-state index contributed by atoms with van der Waals surface area (Å²) in [7, 11) is 0. The van der Waals surface area contributed by atoms with Gasteiger partial charge in [-0.3, -0.25) is 0 Å². The molecule has 1 aliphatic rings. The van der Waals surface area contributed by atoms with Crippen molar-refractivity contribution in [1.29, 1.82) is 0 Å². The first-order valence-corrected chi connectivity index (χ1v) is 6.99. The maximum Gasteiger partial charge on any atom is 0.0583 e. The van der Waals surface area contributed by atoms with Crippen LogP contribution in [0, 0.1) is 11.8 Å². The first-order chi connectivity index (χ1) is 7.63. The van der Waals surface area contributed by atoms with Crippen LogP contribution in [0.3, 0.4) is 0 Å². The molecule has 16 heavy (non-hydrogen) atoms. The van der Waals surface area contributed by atoms with Crippen molar-refractivity contribution in [3.05, 3.63) is 0 Å². The molecule has 0 radical (unpaired) electrons. The van der Waals surface area contributed by atoms with Crippen LogP contribution in [0.4, 0.5) is 0 Å². The summed E-state index contributed by atoms with van der Waals surface area (Å²) < 4.78 is 5.92. The Morgan fingerprint density at radius 1 is 1.31 bits per heavy atom. The lowest BCUT2D eigenvalue weighted by Gasteiger charge is -2.24. The molecule has 1 saturated heterocycles. The van der Waals surface area contributed by atoms with Gasteiger partial charge in [0.25, 0.3) is 0 Å². The highest BCUT2D eigenvalue weighted by molar-refractivity contribution is 4.76. The summed E-state index contributed by atoms with van der Waals surface area (Å²) in [5.41, 5.74) is 0. The van der Waals surface area contributed by atoms with Gasteiger partial charge in [-0.15, -0.1) is 0 Å². The Bertz CT molecular complexity index is 182. The first-order valence-electron chi connectivity index (χ1n) is 6.99. The number of rotatable bonds is 7. The van der Waals surface area contributed by atoms with Gasteiger partial charge in [0, 0.05) is 0 Å². The maximum absolute atomic E-state index is 5.92. The van der Waals surface area contributed by atoms with E-state index < -0.39 is 0 Å². The Morgan fingerprint density at radius 3 is 2.56 bits per heavy atom. The van der Waals surface area contributed by atoms with Gasteiger partial charge >= 0.3 is 0 Å². The average Bonchev–Trinajstić information content (AvgIpc) is 2.63. The fraction of sp³-hybridized carbons (Fsp3) is 1.00. The van der Waals surface area contributed by atoms with Crippen LogP contribution in [0.1, 0.15) is 53.4 Å². The van der Waals surface area contributed by atoms with Crippen molar-refractivity contribution in [2.75, 3.05) is 13.1 Å². The lowest BCUT2D eigenvalue weighted by molar-refractivity contribution is 0.0360. The third kappa shape index (κ3) is 4.84. The highest BCUT2D eigenvalue weighted by Gasteiger charge is 2.25. The second kappa shape index (κ2) is 7.29. The van der Waals surface area contributed by atoms with E-state index in [9.17, 15) is 0 Å². The highest BCUT2D eigenvalue weighted by atomic mass is 16.5. The fourth-order valence-corrected chi connectivity index (χ4v) is 2.45. The summed E-state index contributed by atoms with van der Waals surface area (Å²) >= 11 is 0. The molecule has 1 heterocycles. The summed E-state index contributed by atoms with van der Waals surface area (Å²) in [6, 6.07) is 0. The standard InChI is InChI=1S/C14H29NO/c1-5-8-15-10-13(11(2)3)9-14-7-6-12(4)16-14/h11-15H,5-10H2,1-4H3. The van der Waals surface area contributed by atoms with Crippen molar-refractivity contribution in [1.82, 2.24) is 5.32 Å². The molecule has 0 aromatic carbocycles. The molecule has 1 aliphatic heterocycles. The minimum atomic E-state index is 0.487. The lowest BCUT2D eigenvalue weighted by Crippen LogP contribution is -2.29. The van der Waals surface area contributed by atoms with Crippen LogP contribution < -0.4 is 5.32 Å². The Kier molecular flexibility index (Phi) is 6.37. The number of hydrogen-bond acceptors (Lipinski definition) is 2. The van der Waals surface area contributed by atoms with E-state index in [0.717, 1.165) is 24.9 Å². The first kappa shape index (κ1) is 14.0. The van der Waals surface area contributed by atoms with E-state index in [1.807, 2.05) is 0 Å². The quantitative estimate of drug-likeness (QED) is 0.674. The zero-order valence-corrected chi connectivity index (χ0v) is 11.5. The van der Waals surface area contributed by atoms with Crippen molar-refractivity contribution < 1.29 is 4.74 Å². The summed E-state index contributed by atoms with van der Waals surface area (Å²) in [6.07, 6.45) is 5.98. The molecule has 0 aromatic heterocycles. The van der Waals surface area contributed by atoms with Gasteiger partial charge in [-0.25, -0.2) is 0 Å². The van der Waals surface area contributed by atoms with Crippen molar-refractivity contribution in [3.63, 3.8) is 0 Å². The molecule has 0 aliphatic carbocycles. The van der Waals surface area contributed by atoms with Gasteiger partial charge in [0.1, 0.15) is 0 Å². The zero-order chi connectivity index (χ0) is 12.0. The van der Waals surface area contributed by atoms with Gasteiger partial charge in [-0.05, 0) is 57.5 Å². The summed E-state index contributed by atoms with van der Waals surface area (Å²) in [6.45, 7) is 11.4. The van der Waals surface area contributed by atoms with Gasteiger partial charge in [0.2, 0.25) is 0 Å². The van der Waals surface area contributed by atoms with Crippen molar-refractivity contribution in [2.45, 2.75) is 65.6 Å². The van der Waals surface area contributed by atoms with E-state index in [1.54, 1.807) is 0 Å². The molecule has 2 heteroatoms. The second-order valence-corrected chi connectivity index (χ2v) is 5.59. The Morgan fingerprint density at radius 2 is 2.06 bits per heavy atom. The van der Waals surface area contributed by atoms with E-state index in [1.165, 1.54) is 25.7 Å². The predicted molar refractivity (Wildman–Crippen MR) is 69.7 cm³/mol. The predicted octanol–water partition coefficient (Wildman–Crippen LogP) is 3.22. The monoisotopic (exact) mass is 227 g/mol. The molecule has 0 amide bonds. The van der Waals surface area contributed by atoms with Gasteiger partial charge in [0.05, 0.1) is 12.2 Å². The topological polar surface area (TPSA) is 21.3 Å². The Hall–Kier alpha value is -0.0800. The molecular formula is C14H29NO. The molecule has 1 N–H and O–H groups in total. The minimum absolute atomic E-state index is 0.487. The SMILES string of the molecule is CCCNCC(CC1CCC(C)O1)C(C)C. The summed E-state index contributed by atoms with van der Waals surface area (Å²) in [5.74, 6) is 1.52. The van der Waals surface area contributed by atoms with Crippen LogP contribution in [0.5, 0.6) is 0 Å². The van der Waals surface area contributed by atoms with Crippen LogP contribution in [-0.2, 0) is 4.74 Å². The molecule has 2 nitrogen and oxygen atoms in total. The molecule has 1 fully saturated rings. The van der Waals surface area contributed by atoms with Crippen LogP contribution in [-0.4, -0.2) is 25.3 Å².